The van der Waals surface area contributed by atoms with Crippen LogP contribution in [0, 0.1) is 28.4 Å². The van der Waals surface area contributed by atoms with Gasteiger partial charge < -0.3 is 5.32 Å². The molecule has 1 unspecified atom stereocenters. The third-order valence-electron chi connectivity index (χ3n) is 3.21. The van der Waals surface area contributed by atoms with Crippen molar-refractivity contribution >= 4 is 11.5 Å². The number of nitro groups is 1. The molecule has 1 aromatic heterocycles. The van der Waals surface area contributed by atoms with Gasteiger partial charge in [-0.1, -0.05) is 24.3 Å². The summed E-state index contributed by atoms with van der Waals surface area (Å²) in [6, 6.07) is 11.0. The highest BCUT2D eigenvalue weighted by atomic mass is 16.6. The van der Waals surface area contributed by atoms with Crippen molar-refractivity contribution in [3.8, 4) is 6.07 Å². The summed E-state index contributed by atoms with van der Waals surface area (Å²) >= 11 is 0. The van der Waals surface area contributed by atoms with Gasteiger partial charge in [-0.05, 0) is 25.0 Å². The third-order valence-corrected chi connectivity index (χ3v) is 3.21. The van der Waals surface area contributed by atoms with Crippen LogP contribution in [-0.4, -0.2) is 9.91 Å². The van der Waals surface area contributed by atoms with Gasteiger partial charge in [0.2, 0.25) is 0 Å². The fraction of sp³-hybridized carbons (Fsp3) is 0.200. The number of hydrogen-bond donors (Lipinski definition) is 1. The molecule has 1 aromatic carbocycles. The van der Waals surface area contributed by atoms with E-state index in [4.69, 9.17) is 5.26 Å². The van der Waals surface area contributed by atoms with Crippen LogP contribution in [0.2, 0.25) is 0 Å². The number of benzene rings is 1. The van der Waals surface area contributed by atoms with E-state index in [-0.39, 0.29) is 17.3 Å². The Morgan fingerprint density at radius 1 is 1.43 bits per heavy atom. The summed E-state index contributed by atoms with van der Waals surface area (Å²) in [5, 5.41) is 22.9. The van der Waals surface area contributed by atoms with Gasteiger partial charge in [-0.3, -0.25) is 10.1 Å². The second-order valence-electron chi connectivity index (χ2n) is 4.68. The first-order valence-corrected chi connectivity index (χ1v) is 6.39. The van der Waals surface area contributed by atoms with Crippen molar-refractivity contribution in [2.45, 2.75) is 19.9 Å². The standard InChI is InChI=1S/C15H14N4O2/c1-10-5-3-4-6-14(10)11(2)18-15-12(8-16)7-13(9-17-15)19(20)21/h3-7,9,11H,1-2H3,(H,17,18). The summed E-state index contributed by atoms with van der Waals surface area (Å²) in [7, 11) is 0. The fourth-order valence-electron chi connectivity index (χ4n) is 2.11. The van der Waals surface area contributed by atoms with Crippen molar-refractivity contribution in [3.63, 3.8) is 0 Å². The molecule has 0 aliphatic rings. The monoisotopic (exact) mass is 282 g/mol. The summed E-state index contributed by atoms with van der Waals surface area (Å²) in [6.07, 6.45) is 1.15. The molecule has 6 nitrogen and oxygen atoms in total. The van der Waals surface area contributed by atoms with E-state index in [0.717, 1.165) is 17.3 Å². The molecule has 0 aliphatic carbocycles. The average molecular weight is 282 g/mol. The summed E-state index contributed by atoms with van der Waals surface area (Å²) in [4.78, 5) is 14.1. The quantitative estimate of drug-likeness (QED) is 0.685. The molecule has 2 aromatic rings. The molecule has 21 heavy (non-hydrogen) atoms. The van der Waals surface area contributed by atoms with E-state index in [1.165, 1.54) is 6.07 Å². The average Bonchev–Trinajstić information content (AvgIpc) is 2.47. The maximum absolute atomic E-state index is 10.7. The number of aryl methyl sites for hydroxylation is 1. The second-order valence-corrected chi connectivity index (χ2v) is 4.68. The van der Waals surface area contributed by atoms with Crippen molar-refractivity contribution in [2.24, 2.45) is 0 Å². The lowest BCUT2D eigenvalue weighted by Gasteiger charge is -2.17. The molecule has 1 N–H and O–H groups in total. The Hall–Kier alpha value is -2.94. The first-order valence-electron chi connectivity index (χ1n) is 6.39. The minimum Gasteiger partial charge on any atom is -0.362 e. The van der Waals surface area contributed by atoms with E-state index in [0.29, 0.717) is 5.82 Å². The molecule has 0 spiro atoms. The zero-order valence-electron chi connectivity index (χ0n) is 11.7. The van der Waals surface area contributed by atoms with E-state index in [9.17, 15) is 10.1 Å². The largest absolute Gasteiger partial charge is 0.362 e. The first kappa shape index (κ1) is 14.5. The Morgan fingerprint density at radius 2 is 2.14 bits per heavy atom. The van der Waals surface area contributed by atoms with E-state index >= 15 is 0 Å². The number of pyridine rings is 1. The van der Waals surface area contributed by atoms with Gasteiger partial charge in [0, 0.05) is 6.07 Å². The SMILES string of the molecule is Cc1ccccc1C(C)Nc1ncc([N+](=O)[O-])cc1C#N. The number of rotatable bonds is 4. The molecule has 0 aliphatic heterocycles. The number of nitrogens with one attached hydrogen (secondary N) is 1. The van der Waals surface area contributed by atoms with Gasteiger partial charge in [0.05, 0.1) is 11.0 Å². The Bertz CT molecular complexity index is 722. The van der Waals surface area contributed by atoms with Gasteiger partial charge in [-0.15, -0.1) is 0 Å². The lowest BCUT2D eigenvalue weighted by molar-refractivity contribution is -0.385. The molecule has 6 heteroatoms. The van der Waals surface area contributed by atoms with Gasteiger partial charge in [0.15, 0.2) is 0 Å². The minimum absolute atomic E-state index is 0.0627. The maximum Gasteiger partial charge on any atom is 0.289 e. The van der Waals surface area contributed by atoms with Gasteiger partial charge in [-0.2, -0.15) is 5.26 Å². The molecule has 106 valence electrons. The van der Waals surface area contributed by atoms with Crippen molar-refractivity contribution in [1.82, 2.24) is 4.98 Å². The van der Waals surface area contributed by atoms with Gasteiger partial charge in [0.25, 0.3) is 5.69 Å². The van der Waals surface area contributed by atoms with Crippen LogP contribution < -0.4 is 5.32 Å². The topological polar surface area (TPSA) is 91.8 Å². The molecular weight excluding hydrogens is 268 g/mol. The van der Waals surface area contributed by atoms with Crippen LogP contribution in [0.5, 0.6) is 0 Å². The maximum atomic E-state index is 10.7. The van der Waals surface area contributed by atoms with Crippen LogP contribution in [0.4, 0.5) is 11.5 Å². The number of anilines is 1. The summed E-state index contributed by atoms with van der Waals surface area (Å²) in [5.74, 6) is 0.346. The van der Waals surface area contributed by atoms with Crippen LogP contribution in [0.15, 0.2) is 36.5 Å². The lowest BCUT2D eigenvalue weighted by Crippen LogP contribution is -2.10. The van der Waals surface area contributed by atoms with E-state index in [1.807, 2.05) is 44.2 Å². The lowest BCUT2D eigenvalue weighted by atomic mass is 10.0. The molecule has 1 atom stereocenters. The van der Waals surface area contributed by atoms with E-state index in [2.05, 4.69) is 10.3 Å². The molecule has 2 rings (SSSR count). The Labute approximate surface area is 122 Å². The predicted molar refractivity (Wildman–Crippen MR) is 78.8 cm³/mol. The number of nitriles is 1. The molecule has 0 amide bonds. The van der Waals surface area contributed by atoms with Crippen molar-refractivity contribution in [2.75, 3.05) is 5.32 Å². The highest BCUT2D eigenvalue weighted by Gasteiger charge is 2.15. The minimum atomic E-state index is -0.567. The number of hydrogen-bond acceptors (Lipinski definition) is 5. The van der Waals surface area contributed by atoms with E-state index in [1.54, 1.807) is 0 Å². The van der Waals surface area contributed by atoms with Crippen molar-refractivity contribution in [1.29, 1.82) is 5.26 Å². The molecular formula is C15H14N4O2. The Morgan fingerprint density at radius 3 is 2.76 bits per heavy atom. The zero-order chi connectivity index (χ0) is 15.4. The van der Waals surface area contributed by atoms with Crippen LogP contribution in [0.3, 0.4) is 0 Å². The number of nitrogens with zero attached hydrogens (tertiary/aromatic N) is 3. The highest BCUT2D eigenvalue weighted by Crippen LogP contribution is 2.24. The highest BCUT2D eigenvalue weighted by molar-refractivity contribution is 5.56. The summed E-state index contributed by atoms with van der Waals surface area (Å²) in [5.41, 5.74) is 2.17. The van der Waals surface area contributed by atoms with E-state index < -0.39 is 4.92 Å². The zero-order valence-corrected chi connectivity index (χ0v) is 11.7. The van der Waals surface area contributed by atoms with Crippen LogP contribution in [0.25, 0.3) is 0 Å². The summed E-state index contributed by atoms with van der Waals surface area (Å²) in [6.45, 7) is 3.95. The van der Waals surface area contributed by atoms with Gasteiger partial charge in [-0.25, -0.2) is 4.98 Å². The summed E-state index contributed by atoms with van der Waals surface area (Å²) < 4.78 is 0. The second kappa shape index (κ2) is 6.01. The molecule has 0 saturated carbocycles. The Kier molecular flexibility index (Phi) is 4.14. The van der Waals surface area contributed by atoms with Crippen LogP contribution >= 0.6 is 0 Å². The molecule has 0 saturated heterocycles. The van der Waals surface area contributed by atoms with Crippen molar-refractivity contribution < 1.29 is 4.92 Å². The molecule has 1 heterocycles. The predicted octanol–water partition coefficient (Wildman–Crippen LogP) is 3.34. The normalized spacial score (nSPS) is 11.5. The Balaban J connectivity index is 2.30. The van der Waals surface area contributed by atoms with Crippen LogP contribution in [0.1, 0.15) is 29.7 Å². The van der Waals surface area contributed by atoms with Crippen molar-refractivity contribution in [3.05, 3.63) is 63.3 Å². The first-order chi connectivity index (χ1) is 10.0. The fourth-order valence-corrected chi connectivity index (χ4v) is 2.11. The molecule has 0 radical (unpaired) electrons. The third kappa shape index (κ3) is 3.15. The number of aromatic nitrogens is 1. The van der Waals surface area contributed by atoms with Crippen LogP contribution in [-0.2, 0) is 0 Å². The molecule has 0 fully saturated rings. The molecule has 0 bridgehead atoms. The van der Waals surface area contributed by atoms with Gasteiger partial charge >= 0.3 is 0 Å². The van der Waals surface area contributed by atoms with Gasteiger partial charge in [0.1, 0.15) is 23.6 Å². The smallest absolute Gasteiger partial charge is 0.289 e.